The van der Waals surface area contributed by atoms with Crippen LogP contribution in [0.15, 0.2) is 72.9 Å². The van der Waals surface area contributed by atoms with Gasteiger partial charge in [-0.05, 0) is 64.2 Å². The van der Waals surface area contributed by atoms with Gasteiger partial charge in [-0.15, -0.1) is 0 Å². The summed E-state index contributed by atoms with van der Waals surface area (Å²) in [6, 6.07) is 0. The molecule has 0 aromatic carbocycles. The maximum Gasteiger partial charge on any atom is 0.306 e. The van der Waals surface area contributed by atoms with E-state index in [4.69, 9.17) is 9.47 Å². The van der Waals surface area contributed by atoms with Crippen LogP contribution in [0.25, 0.3) is 0 Å². The Bertz CT molecular complexity index is 1520. The number of esters is 2. The number of carbonyl (C=O) groups excluding carboxylic acids is 2. The first kappa shape index (κ1) is 84.3. The van der Waals surface area contributed by atoms with Crippen LogP contribution in [0.2, 0.25) is 0 Å². The zero-order valence-corrected chi connectivity index (χ0v) is 58.5. The summed E-state index contributed by atoms with van der Waals surface area (Å²) >= 11 is 0. The minimum Gasteiger partial charge on any atom is -0.462 e. The zero-order valence-electron chi connectivity index (χ0n) is 58.5. The number of ether oxygens (including phenoxy) is 2. The number of rotatable bonds is 73. The Morgan fingerprint density at radius 1 is 0.276 bits per heavy atom. The fourth-order valence-corrected chi connectivity index (χ4v) is 12.0. The first-order valence-electron chi connectivity index (χ1n) is 39.0. The zero-order chi connectivity index (χ0) is 62.6. The van der Waals surface area contributed by atoms with E-state index in [0.29, 0.717) is 12.8 Å². The maximum absolute atomic E-state index is 12.4. The molecule has 0 aliphatic carbocycles. The lowest BCUT2D eigenvalue weighted by Gasteiger charge is -2.15. The summed E-state index contributed by atoms with van der Waals surface area (Å²) in [6.07, 6.45) is 108. The molecule has 0 aliphatic rings. The van der Waals surface area contributed by atoms with Crippen LogP contribution < -0.4 is 0 Å². The predicted molar refractivity (Wildman–Crippen MR) is 385 cm³/mol. The normalized spacial score (nSPS) is 12.5. The van der Waals surface area contributed by atoms with Crippen LogP contribution in [-0.4, -0.2) is 36.4 Å². The Balaban J connectivity index is 3.39. The standard InChI is InChI=1S/C82H150O5/c1-3-5-7-9-11-13-15-17-19-21-23-25-27-29-31-33-35-37-39-40-41-42-43-45-47-49-51-53-55-57-59-61-63-65-67-69-71-73-75-77-82(85)87-80(78-83)79-86-81(84)76-74-72-70-68-66-64-62-60-58-56-54-52-50-48-46-44-38-36-34-32-30-28-26-24-22-20-18-16-14-12-10-8-6-4-2/h5,7,11,13,17,19,23,25,29,31,35,37,80,83H,3-4,6,8-10,12,14-16,18,20-22,24,26-28,30,32-34,36,38-79H2,1-2H3/b7-5-,13-11-,19-17-,25-23-,31-29-,37-35-. The van der Waals surface area contributed by atoms with Gasteiger partial charge in [0.15, 0.2) is 6.10 Å². The van der Waals surface area contributed by atoms with Gasteiger partial charge in [-0.25, -0.2) is 0 Å². The summed E-state index contributed by atoms with van der Waals surface area (Å²) < 4.78 is 10.8. The molecular weight excluding hydrogens is 1060 g/mol. The van der Waals surface area contributed by atoms with E-state index in [1.54, 1.807) is 0 Å². The van der Waals surface area contributed by atoms with Gasteiger partial charge in [0.1, 0.15) is 6.61 Å². The van der Waals surface area contributed by atoms with Crippen LogP contribution in [0.3, 0.4) is 0 Å². The van der Waals surface area contributed by atoms with E-state index in [0.717, 1.165) is 70.6 Å². The van der Waals surface area contributed by atoms with Crippen molar-refractivity contribution in [1.82, 2.24) is 0 Å². The van der Waals surface area contributed by atoms with Crippen molar-refractivity contribution in [2.24, 2.45) is 0 Å². The van der Waals surface area contributed by atoms with Crippen molar-refractivity contribution < 1.29 is 24.2 Å². The quantitative estimate of drug-likeness (QED) is 0.0373. The number of aliphatic hydroxyl groups excluding tert-OH is 1. The highest BCUT2D eigenvalue weighted by Crippen LogP contribution is 2.20. The second-order valence-corrected chi connectivity index (χ2v) is 26.4. The molecule has 508 valence electrons. The fourth-order valence-electron chi connectivity index (χ4n) is 12.0. The van der Waals surface area contributed by atoms with Crippen molar-refractivity contribution in [3.63, 3.8) is 0 Å². The first-order valence-corrected chi connectivity index (χ1v) is 39.0. The Labute approximate surface area is 544 Å². The van der Waals surface area contributed by atoms with Gasteiger partial charge in [-0.3, -0.25) is 9.59 Å². The van der Waals surface area contributed by atoms with Crippen LogP contribution in [0, 0.1) is 0 Å². The van der Waals surface area contributed by atoms with Crippen molar-refractivity contribution in [1.29, 1.82) is 0 Å². The molecule has 5 nitrogen and oxygen atoms in total. The third-order valence-corrected chi connectivity index (χ3v) is 17.8. The molecule has 0 aromatic heterocycles. The molecule has 0 bridgehead atoms. The second-order valence-electron chi connectivity index (χ2n) is 26.4. The lowest BCUT2D eigenvalue weighted by Crippen LogP contribution is -2.28. The lowest BCUT2D eigenvalue weighted by molar-refractivity contribution is -0.161. The highest BCUT2D eigenvalue weighted by molar-refractivity contribution is 5.70. The molecule has 0 amide bonds. The van der Waals surface area contributed by atoms with Gasteiger partial charge in [-0.2, -0.15) is 0 Å². The van der Waals surface area contributed by atoms with E-state index in [2.05, 4.69) is 86.8 Å². The van der Waals surface area contributed by atoms with E-state index < -0.39 is 6.10 Å². The number of unbranched alkanes of at least 4 members (excludes halogenated alkanes) is 53. The number of aliphatic hydroxyl groups is 1. The SMILES string of the molecule is CC/C=C\C/C=C\C/C=C\C/C=C\C/C=C\C/C=C\CCCCCCCCCCCCCCCCCCCCCCC(=O)OC(CO)COC(=O)CCCCCCCCCCCCCCCCCCCCCCCCCCCCCCCCCCCC. The van der Waals surface area contributed by atoms with E-state index in [-0.39, 0.29) is 25.2 Å². The number of carbonyl (C=O) groups is 2. The molecule has 0 spiro atoms. The summed E-state index contributed by atoms with van der Waals surface area (Å²) in [5.74, 6) is -0.566. The van der Waals surface area contributed by atoms with Gasteiger partial charge in [0.25, 0.3) is 0 Å². The van der Waals surface area contributed by atoms with Crippen LogP contribution >= 0.6 is 0 Å². The summed E-state index contributed by atoms with van der Waals surface area (Å²) in [6.45, 7) is 4.09. The van der Waals surface area contributed by atoms with Gasteiger partial charge >= 0.3 is 11.9 Å². The van der Waals surface area contributed by atoms with Crippen LogP contribution in [0.5, 0.6) is 0 Å². The molecule has 0 saturated heterocycles. The molecule has 0 fully saturated rings. The summed E-state index contributed by atoms with van der Waals surface area (Å²) in [5, 5.41) is 9.73. The molecule has 0 heterocycles. The average Bonchev–Trinajstić information content (AvgIpc) is 3.52. The van der Waals surface area contributed by atoms with Crippen molar-refractivity contribution in [2.75, 3.05) is 13.2 Å². The largest absolute Gasteiger partial charge is 0.462 e. The Morgan fingerprint density at radius 2 is 0.494 bits per heavy atom. The minimum atomic E-state index is -0.772. The molecule has 87 heavy (non-hydrogen) atoms. The van der Waals surface area contributed by atoms with E-state index in [1.807, 2.05) is 0 Å². The number of hydrogen-bond acceptors (Lipinski definition) is 5. The van der Waals surface area contributed by atoms with Crippen LogP contribution in [0.1, 0.15) is 418 Å². The molecule has 0 radical (unpaired) electrons. The molecule has 5 heteroatoms. The van der Waals surface area contributed by atoms with Crippen molar-refractivity contribution in [3.05, 3.63) is 72.9 Å². The number of hydrogen-bond donors (Lipinski definition) is 1. The van der Waals surface area contributed by atoms with Gasteiger partial charge in [0, 0.05) is 12.8 Å². The molecule has 0 saturated carbocycles. The van der Waals surface area contributed by atoms with E-state index >= 15 is 0 Å². The maximum atomic E-state index is 12.4. The van der Waals surface area contributed by atoms with Crippen molar-refractivity contribution in [3.8, 4) is 0 Å². The summed E-state index contributed by atoms with van der Waals surface area (Å²) in [7, 11) is 0. The molecule has 1 atom stereocenters. The molecule has 1 unspecified atom stereocenters. The highest BCUT2D eigenvalue weighted by Gasteiger charge is 2.16. The molecule has 1 N–H and O–H groups in total. The minimum absolute atomic E-state index is 0.0603. The second kappa shape index (κ2) is 77.6. The van der Waals surface area contributed by atoms with Gasteiger partial charge in [0.05, 0.1) is 6.61 Å². The lowest BCUT2D eigenvalue weighted by atomic mass is 10.0. The van der Waals surface area contributed by atoms with Crippen LogP contribution in [0.4, 0.5) is 0 Å². The monoisotopic (exact) mass is 1220 g/mol. The molecule has 0 aromatic rings. The molecular formula is C82H150O5. The van der Waals surface area contributed by atoms with Crippen molar-refractivity contribution in [2.45, 2.75) is 424 Å². The predicted octanol–water partition coefficient (Wildman–Crippen LogP) is 27.4. The highest BCUT2D eigenvalue weighted by atomic mass is 16.6. The van der Waals surface area contributed by atoms with Gasteiger partial charge in [0.2, 0.25) is 0 Å². The van der Waals surface area contributed by atoms with Gasteiger partial charge < -0.3 is 14.6 Å². The Hall–Kier alpha value is -2.66. The average molecular weight is 1220 g/mol. The smallest absolute Gasteiger partial charge is 0.306 e. The first-order chi connectivity index (χ1) is 43.1. The topological polar surface area (TPSA) is 72.8 Å². The Morgan fingerprint density at radius 3 is 0.747 bits per heavy atom. The third-order valence-electron chi connectivity index (χ3n) is 17.8. The Kier molecular flexibility index (Phi) is 75.2. The van der Waals surface area contributed by atoms with Crippen molar-refractivity contribution >= 4 is 11.9 Å². The summed E-state index contributed by atoms with van der Waals surface area (Å²) in [4.78, 5) is 24.7. The van der Waals surface area contributed by atoms with E-state index in [1.165, 1.54) is 321 Å². The third kappa shape index (κ3) is 75.7. The fraction of sp³-hybridized carbons (Fsp3) is 0.829. The molecule has 0 aliphatic heterocycles. The van der Waals surface area contributed by atoms with Gasteiger partial charge in [-0.1, -0.05) is 414 Å². The summed E-state index contributed by atoms with van der Waals surface area (Å²) in [5.41, 5.74) is 0. The number of allylic oxidation sites excluding steroid dienone is 12. The molecule has 0 rings (SSSR count). The van der Waals surface area contributed by atoms with Crippen LogP contribution in [-0.2, 0) is 19.1 Å². The van der Waals surface area contributed by atoms with E-state index in [9.17, 15) is 14.7 Å².